The molecule has 0 aliphatic heterocycles. The van der Waals surface area contributed by atoms with Crippen molar-refractivity contribution >= 4 is 23.3 Å². The maximum atomic E-state index is 13.4. The number of nitrogens with one attached hydrogen (secondary N) is 1. The van der Waals surface area contributed by atoms with Crippen LogP contribution in [0.15, 0.2) is 42.5 Å². The average Bonchev–Trinajstić information content (AvgIpc) is 2.59. The van der Waals surface area contributed by atoms with E-state index in [4.69, 9.17) is 9.47 Å². The maximum Gasteiger partial charge on any atom is 0.341 e. The first-order chi connectivity index (χ1) is 11.9. The summed E-state index contributed by atoms with van der Waals surface area (Å²) in [5, 5.41) is 13.2. The van der Waals surface area contributed by atoms with Crippen LogP contribution >= 0.6 is 0 Å². The number of hydrogen-bond acceptors (Lipinski definition) is 6. The summed E-state index contributed by atoms with van der Waals surface area (Å²) in [6, 6.07) is 8.93. The molecule has 2 aromatic carbocycles. The molecular weight excluding hydrogens is 335 g/mol. The van der Waals surface area contributed by atoms with Gasteiger partial charge in [0, 0.05) is 12.1 Å². The predicted octanol–water partition coefficient (Wildman–Crippen LogP) is 2.54. The zero-order valence-electron chi connectivity index (χ0n) is 13.0. The van der Waals surface area contributed by atoms with E-state index in [0.717, 1.165) is 6.07 Å². The molecule has 130 valence electrons. The quantitative estimate of drug-likeness (QED) is 0.488. The Bertz CT molecular complexity index is 824. The van der Waals surface area contributed by atoms with Crippen molar-refractivity contribution in [2.75, 3.05) is 19.0 Å². The number of benzene rings is 2. The molecule has 0 saturated heterocycles. The fourth-order valence-corrected chi connectivity index (χ4v) is 1.92. The lowest BCUT2D eigenvalue weighted by molar-refractivity contribution is -0.383. The summed E-state index contributed by atoms with van der Waals surface area (Å²) in [5.74, 6) is -2.32. The van der Waals surface area contributed by atoms with Crippen LogP contribution in [-0.2, 0) is 9.53 Å². The number of nitro groups is 1. The summed E-state index contributed by atoms with van der Waals surface area (Å²) < 4.78 is 23.1. The highest BCUT2D eigenvalue weighted by Crippen LogP contribution is 2.28. The van der Waals surface area contributed by atoms with E-state index in [1.165, 1.54) is 43.5 Å². The average molecular weight is 348 g/mol. The Labute approximate surface area is 141 Å². The molecule has 8 nitrogen and oxygen atoms in total. The molecule has 2 aromatic rings. The number of rotatable bonds is 6. The summed E-state index contributed by atoms with van der Waals surface area (Å²) in [5.41, 5.74) is -0.784. The van der Waals surface area contributed by atoms with Gasteiger partial charge >= 0.3 is 5.97 Å². The van der Waals surface area contributed by atoms with Crippen LogP contribution in [0.25, 0.3) is 0 Å². The molecule has 0 fully saturated rings. The highest BCUT2D eigenvalue weighted by Gasteiger charge is 2.19. The number of carbonyl (C=O) groups excluding carboxylic acids is 2. The van der Waals surface area contributed by atoms with E-state index in [9.17, 15) is 24.1 Å². The SMILES string of the molecule is COc1ccc([N+](=O)[O-])c(NC(=O)COC(=O)c2ccccc2F)c1. The van der Waals surface area contributed by atoms with Crippen LogP contribution in [0.2, 0.25) is 0 Å². The van der Waals surface area contributed by atoms with Gasteiger partial charge in [-0.2, -0.15) is 0 Å². The van der Waals surface area contributed by atoms with Crippen molar-refractivity contribution in [3.63, 3.8) is 0 Å². The van der Waals surface area contributed by atoms with Crippen LogP contribution < -0.4 is 10.1 Å². The molecule has 0 aliphatic carbocycles. The minimum Gasteiger partial charge on any atom is -0.497 e. The largest absolute Gasteiger partial charge is 0.497 e. The van der Waals surface area contributed by atoms with Crippen LogP contribution in [-0.4, -0.2) is 30.5 Å². The summed E-state index contributed by atoms with van der Waals surface area (Å²) in [4.78, 5) is 33.9. The Morgan fingerprint density at radius 3 is 2.60 bits per heavy atom. The number of ether oxygens (including phenoxy) is 2. The van der Waals surface area contributed by atoms with Gasteiger partial charge in [0.2, 0.25) is 0 Å². The maximum absolute atomic E-state index is 13.4. The van der Waals surface area contributed by atoms with Gasteiger partial charge in [0.05, 0.1) is 17.6 Å². The zero-order chi connectivity index (χ0) is 18.4. The van der Waals surface area contributed by atoms with Crippen molar-refractivity contribution in [2.24, 2.45) is 0 Å². The van der Waals surface area contributed by atoms with Gasteiger partial charge in [-0.1, -0.05) is 12.1 Å². The molecule has 0 saturated carbocycles. The molecule has 0 aromatic heterocycles. The third-order valence-electron chi connectivity index (χ3n) is 3.10. The van der Waals surface area contributed by atoms with Crippen molar-refractivity contribution in [3.05, 3.63) is 64.0 Å². The molecular formula is C16H13FN2O6. The van der Waals surface area contributed by atoms with Crippen LogP contribution in [0.4, 0.5) is 15.8 Å². The lowest BCUT2D eigenvalue weighted by atomic mass is 10.2. The molecule has 2 rings (SSSR count). The first kappa shape index (κ1) is 17.9. The normalized spacial score (nSPS) is 10.0. The summed E-state index contributed by atoms with van der Waals surface area (Å²) in [6.07, 6.45) is 0. The second-order valence-corrected chi connectivity index (χ2v) is 4.74. The lowest BCUT2D eigenvalue weighted by Crippen LogP contribution is -2.21. The third kappa shape index (κ3) is 4.50. The summed E-state index contributed by atoms with van der Waals surface area (Å²) in [6.45, 7) is -0.735. The van der Waals surface area contributed by atoms with Gasteiger partial charge in [0.25, 0.3) is 11.6 Å². The van der Waals surface area contributed by atoms with Crippen molar-refractivity contribution < 1.29 is 28.4 Å². The Kier molecular flexibility index (Phi) is 5.62. The molecule has 0 unspecified atom stereocenters. The minimum absolute atomic E-state index is 0.115. The number of nitrogens with zero attached hydrogens (tertiary/aromatic N) is 1. The molecule has 0 atom stereocenters. The number of halogens is 1. The third-order valence-corrected chi connectivity index (χ3v) is 3.10. The molecule has 0 bridgehead atoms. The van der Waals surface area contributed by atoms with Gasteiger partial charge in [-0.3, -0.25) is 14.9 Å². The van der Waals surface area contributed by atoms with Crippen LogP contribution in [0.1, 0.15) is 10.4 Å². The molecule has 0 aliphatic rings. The standard InChI is InChI=1S/C16H13FN2O6/c1-24-10-6-7-14(19(22)23)13(8-10)18-15(20)9-25-16(21)11-4-2-3-5-12(11)17/h2-8H,9H2,1H3,(H,18,20). The first-order valence-electron chi connectivity index (χ1n) is 6.96. The van der Waals surface area contributed by atoms with E-state index >= 15 is 0 Å². The second-order valence-electron chi connectivity index (χ2n) is 4.74. The number of methoxy groups -OCH3 is 1. The predicted molar refractivity (Wildman–Crippen MR) is 85.0 cm³/mol. The van der Waals surface area contributed by atoms with Gasteiger partial charge in [-0.05, 0) is 18.2 Å². The number of anilines is 1. The monoisotopic (exact) mass is 348 g/mol. The molecule has 0 radical (unpaired) electrons. The van der Waals surface area contributed by atoms with E-state index in [0.29, 0.717) is 5.75 Å². The highest BCUT2D eigenvalue weighted by atomic mass is 19.1. The Hall–Kier alpha value is -3.49. The first-order valence-corrected chi connectivity index (χ1v) is 6.96. The van der Waals surface area contributed by atoms with Gasteiger partial charge in [0.1, 0.15) is 17.3 Å². The van der Waals surface area contributed by atoms with Crippen molar-refractivity contribution in [2.45, 2.75) is 0 Å². The van der Waals surface area contributed by atoms with Crippen molar-refractivity contribution in [1.29, 1.82) is 0 Å². The van der Waals surface area contributed by atoms with E-state index < -0.39 is 29.2 Å². The Morgan fingerprint density at radius 2 is 1.96 bits per heavy atom. The van der Waals surface area contributed by atoms with Crippen LogP contribution in [0.3, 0.4) is 0 Å². The van der Waals surface area contributed by atoms with E-state index in [1.54, 1.807) is 0 Å². The number of esters is 1. The van der Waals surface area contributed by atoms with E-state index in [1.807, 2.05) is 0 Å². The van der Waals surface area contributed by atoms with Crippen LogP contribution in [0.5, 0.6) is 5.75 Å². The summed E-state index contributed by atoms with van der Waals surface area (Å²) in [7, 11) is 1.36. The number of amides is 1. The van der Waals surface area contributed by atoms with E-state index in [2.05, 4.69) is 5.32 Å². The van der Waals surface area contributed by atoms with Crippen LogP contribution in [0, 0.1) is 15.9 Å². The Morgan fingerprint density at radius 1 is 1.24 bits per heavy atom. The molecule has 9 heteroatoms. The highest BCUT2D eigenvalue weighted by molar-refractivity contribution is 5.97. The molecule has 1 amide bonds. The topological polar surface area (TPSA) is 108 Å². The molecule has 25 heavy (non-hydrogen) atoms. The van der Waals surface area contributed by atoms with Crippen molar-refractivity contribution in [3.8, 4) is 5.75 Å². The zero-order valence-corrected chi connectivity index (χ0v) is 13.0. The Balaban J connectivity index is 2.04. The van der Waals surface area contributed by atoms with E-state index in [-0.39, 0.29) is 16.9 Å². The van der Waals surface area contributed by atoms with Gasteiger partial charge in [0.15, 0.2) is 6.61 Å². The van der Waals surface area contributed by atoms with Gasteiger partial charge in [-0.15, -0.1) is 0 Å². The lowest BCUT2D eigenvalue weighted by Gasteiger charge is -2.09. The second kappa shape index (κ2) is 7.86. The summed E-state index contributed by atoms with van der Waals surface area (Å²) >= 11 is 0. The number of nitro benzene ring substituents is 1. The number of carbonyl (C=O) groups is 2. The van der Waals surface area contributed by atoms with Gasteiger partial charge < -0.3 is 14.8 Å². The smallest absolute Gasteiger partial charge is 0.341 e. The molecule has 0 heterocycles. The fourth-order valence-electron chi connectivity index (χ4n) is 1.92. The fraction of sp³-hybridized carbons (Fsp3) is 0.125. The number of hydrogen-bond donors (Lipinski definition) is 1. The van der Waals surface area contributed by atoms with Gasteiger partial charge in [-0.25, -0.2) is 9.18 Å². The molecule has 1 N–H and O–H groups in total. The van der Waals surface area contributed by atoms with Crippen molar-refractivity contribution in [1.82, 2.24) is 0 Å². The minimum atomic E-state index is -1.02. The molecule has 0 spiro atoms.